The number of ether oxygens (including phenoxy) is 1. The molecule has 3 N–H and O–H groups in total. The van der Waals surface area contributed by atoms with Crippen LogP contribution in [0.15, 0.2) is 18.5 Å². The highest BCUT2D eigenvalue weighted by Gasteiger charge is 2.20. The number of hydrogen-bond acceptors (Lipinski definition) is 3. The summed E-state index contributed by atoms with van der Waals surface area (Å²) in [4.78, 5) is 23.1. The number of aromatic nitrogens is 1. The van der Waals surface area contributed by atoms with E-state index in [2.05, 4.69) is 5.32 Å². The molecule has 19 heavy (non-hydrogen) atoms. The molecule has 1 unspecified atom stereocenters. The van der Waals surface area contributed by atoms with Crippen LogP contribution in [0.25, 0.3) is 0 Å². The van der Waals surface area contributed by atoms with Crippen LogP contribution in [0.5, 0.6) is 0 Å². The molecule has 0 fully saturated rings. The first-order chi connectivity index (χ1) is 8.75. The third-order valence-corrected chi connectivity index (χ3v) is 2.71. The lowest BCUT2D eigenvalue weighted by Gasteiger charge is -2.20. The summed E-state index contributed by atoms with van der Waals surface area (Å²) in [5.74, 6) is -0.964. The van der Waals surface area contributed by atoms with Crippen LogP contribution in [-0.4, -0.2) is 36.1 Å². The molecular formula is C13H21N3O3. The molecule has 1 heterocycles. The summed E-state index contributed by atoms with van der Waals surface area (Å²) < 4.78 is 6.77. The van der Waals surface area contributed by atoms with Crippen LogP contribution in [0.4, 0.5) is 0 Å². The zero-order chi connectivity index (χ0) is 14.6. The second kappa shape index (κ2) is 5.88. The Morgan fingerprint density at radius 1 is 1.47 bits per heavy atom. The van der Waals surface area contributed by atoms with E-state index in [1.807, 2.05) is 31.5 Å². The van der Waals surface area contributed by atoms with Gasteiger partial charge in [-0.15, -0.1) is 0 Å². The average molecular weight is 267 g/mol. The van der Waals surface area contributed by atoms with Crippen LogP contribution in [0.1, 0.15) is 31.1 Å². The predicted molar refractivity (Wildman–Crippen MR) is 71.8 cm³/mol. The van der Waals surface area contributed by atoms with E-state index in [0.29, 0.717) is 5.56 Å². The van der Waals surface area contributed by atoms with Gasteiger partial charge >= 0.3 is 0 Å². The molecule has 0 aromatic carbocycles. The van der Waals surface area contributed by atoms with Crippen molar-refractivity contribution in [2.75, 3.05) is 13.7 Å². The lowest BCUT2D eigenvalue weighted by Crippen LogP contribution is -2.47. The molecule has 0 saturated heterocycles. The number of nitrogens with one attached hydrogen (secondary N) is 1. The van der Waals surface area contributed by atoms with Gasteiger partial charge in [0.05, 0.1) is 12.2 Å². The molecule has 6 heteroatoms. The largest absolute Gasteiger partial charge is 0.382 e. The van der Waals surface area contributed by atoms with Gasteiger partial charge in [0.1, 0.15) is 6.04 Å². The van der Waals surface area contributed by atoms with Gasteiger partial charge in [0.25, 0.3) is 5.91 Å². The number of amides is 2. The minimum atomic E-state index is -0.824. The molecule has 0 radical (unpaired) electrons. The Labute approximate surface area is 112 Å². The second-order valence-corrected chi connectivity index (χ2v) is 5.36. The molecule has 0 bridgehead atoms. The maximum absolute atomic E-state index is 12.0. The maximum Gasteiger partial charge on any atom is 0.253 e. The van der Waals surface area contributed by atoms with Crippen LogP contribution >= 0.6 is 0 Å². The van der Waals surface area contributed by atoms with Gasteiger partial charge in [0, 0.05) is 25.0 Å². The lowest BCUT2D eigenvalue weighted by atomic mass is 10.1. The van der Waals surface area contributed by atoms with Crippen LogP contribution in [0, 0.1) is 0 Å². The van der Waals surface area contributed by atoms with Gasteiger partial charge in [-0.25, -0.2) is 0 Å². The van der Waals surface area contributed by atoms with E-state index in [1.165, 1.54) is 7.11 Å². The highest BCUT2D eigenvalue weighted by molar-refractivity contribution is 5.97. The molecule has 1 aromatic rings. The number of methoxy groups -OCH3 is 1. The molecule has 0 spiro atoms. The number of primary amides is 1. The number of carbonyl (C=O) groups is 2. The molecule has 1 aromatic heterocycles. The van der Waals surface area contributed by atoms with Crippen LogP contribution in [0.3, 0.4) is 0 Å². The van der Waals surface area contributed by atoms with Crippen molar-refractivity contribution < 1.29 is 14.3 Å². The summed E-state index contributed by atoms with van der Waals surface area (Å²) in [6.07, 6.45) is 3.56. The Morgan fingerprint density at radius 2 is 2.11 bits per heavy atom. The standard InChI is InChI=1S/C13H21N3O3/c1-13(2,3)16-6-5-9(7-16)12(18)15-10(8-19-4)11(14)17/h5-7,10H,8H2,1-4H3,(H2,14,17)(H,15,18). The molecule has 0 aliphatic carbocycles. The zero-order valence-electron chi connectivity index (χ0n) is 11.8. The van der Waals surface area contributed by atoms with E-state index in [1.54, 1.807) is 12.3 Å². The van der Waals surface area contributed by atoms with Crippen molar-refractivity contribution in [2.45, 2.75) is 32.4 Å². The SMILES string of the molecule is COCC(NC(=O)c1ccn(C(C)(C)C)c1)C(N)=O. The van der Waals surface area contributed by atoms with Gasteiger partial charge in [-0.1, -0.05) is 0 Å². The highest BCUT2D eigenvalue weighted by Crippen LogP contribution is 2.15. The van der Waals surface area contributed by atoms with E-state index in [4.69, 9.17) is 10.5 Å². The number of nitrogens with two attached hydrogens (primary N) is 1. The lowest BCUT2D eigenvalue weighted by molar-refractivity contribution is -0.121. The van der Waals surface area contributed by atoms with Crippen molar-refractivity contribution in [3.05, 3.63) is 24.0 Å². The van der Waals surface area contributed by atoms with E-state index in [0.717, 1.165) is 0 Å². The Morgan fingerprint density at radius 3 is 2.53 bits per heavy atom. The van der Waals surface area contributed by atoms with E-state index in [9.17, 15) is 9.59 Å². The van der Waals surface area contributed by atoms with Gasteiger partial charge in [-0.3, -0.25) is 9.59 Å². The van der Waals surface area contributed by atoms with E-state index < -0.39 is 11.9 Å². The Kier molecular flexibility index (Phi) is 4.72. The molecular weight excluding hydrogens is 246 g/mol. The number of rotatable bonds is 5. The van der Waals surface area contributed by atoms with Crippen molar-refractivity contribution in [3.8, 4) is 0 Å². The fraction of sp³-hybridized carbons (Fsp3) is 0.538. The van der Waals surface area contributed by atoms with E-state index >= 15 is 0 Å². The second-order valence-electron chi connectivity index (χ2n) is 5.36. The first-order valence-electron chi connectivity index (χ1n) is 6.03. The smallest absolute Gasteiger partial charge is 0.253 e. The van der Waals surface area contributed by atoms with Gasteiger partial charge in [-0.2, -0.15) is 0 Å². The summed E-state index contributed by atoms with van der Waals surface area (Å²) in [7, 11) is 1.44. The summed E-state index contributed by atoms with van der Waals surface area (Å²) in [6.45, 7) is 6.16. The minimum absolute atomic E-state index is 0.0566. The number of hydrogen-bond donors (Lipinski definition) is 2. The van der Waals surface area contributed by atoms with Crippen LogP contribution in [0.2, 0.25) is 0 Å². The third-order valence-electron chi connectivity index (χ3n) is 2.71. The van der Waals surface area contributed by atoms with Crippen molar-refractivity contribution in [1.82, 2.24) is 9.88 Å². The highest BCUT2D eigenvalue weighted by atomic mass is 16.5. The first kappa shape index (κ1) is 15.2. The molecule has 106 valence electrons. The van der Waals surface area contributed by atoms with Gasteiger partial charge < -0.3 is 20.4 Å². The van der Waals surface area contributed by atoms with Crippen molar-refractivity contribution >= 4 is 11.8 Å². The fourth-order valence-corrected chi connectivity index (χ4v) is 1.55. The van der Waals surface area contributed by atoms with Crippen molar-refractivity contribution in [3.63, 3.8) is 0 Å². The van der Waals surface area contributed by atoms with Gasteiger partial charge in [-0.05, 0) is 26.8 Å². The third kappa shape index (κ3) is 4.10. The Bertz CT molecular complexity index is 460. The van der Waals surface area contributed by atoms with E-state index in [-0.39, 0.29) is 18.1 Å². The summed E-state index contributed by atoms with van der Waals surface area (Å²) >= 11 is 0. The molecule has 1 rings (SSSR count). The summed E-state index contributed by atoms with van der Waals surface area (Å²) in [5, 5.41) is 2.55. The minimum Gasteiger partial charge on any atom is -0.382 e. The molecule has 1 atom stereocenters. The fourth-order valence-electron chi connectivity index (χ4n) is 1.55. The van der Waals surface area contributed by atoms with Crippen LogP contribution in [-0.2, 0) is 15.1 Å². The molecule has 0 aliphatic rings. The van der Waals surface area contributed by atoms with Gasteiger partial charge in [0.15, 0.2) is 0 Å². The number of carbonyl (C=O) groups excluding carboxylic acids is 2. The normalized spacial score (nSPS) is 13.1. The Balaban J connectivity index is 2.78. The van der Waals surface area contributed by atoms with Crippen molar-refractivity contribution in [1.29, 1.82) is 0 Å². The molecule has 6 nitrogen and oxygen atoms in total. The topological polar surface area (TPSA) is 86.3 Å². The molecule has 2 amide bonds. The monoisotopic (exact) mass is 267 g/mol. The number of nitrogens with zero attached hydrogens (tertiary/aromatic N) is 1. The summed E-state index contributed by atoms with van der Waals surface area (Å²) in [5.41, 5.74) is 5.57. The van der Waals surface area contributed by atoms with Gasteiger partial charge in [0.2, 0.25) is 5.91 Å². The van der Waals surface area contributed by atoms with Crippen molar-refractivity contribution in [2.24, 2.45) is 5.73 Å². The zero-order valence-corrected chi connectivity index (χ0v) is 11.8. The molecule has 0 saturated carbocycles. The quantitative estimate of drug-likeness (QED) is 0.813. The predicted octanol–water partition coefficient (Wildman–Crippen LogP) is 0.473. The van der Waals surface area contributed by atoms with Crippen LogP contribution < -0.4 is 11.1 Å². The molecule has 0 aliphatic heterocycles. The summed E-state index contributed by atoms with van der Waals surface area (Å²) in [6, 6.07) is 0.876. The Hall–Kier alpha value is -1.82. The average Bonchev–Trinajstić information content (AvgIpc) is 2.76. The first-order valence-corrected chi connectivity index (χ1v) is 6.03. The maximum atomic E-state index is 12.0.